The summed E-state index contributed by atoms with van der Waals surface area (Å²) < 4.78 is 52.6. The van der Waals surface area contributed by atoms with Crippen molar-refractivity contribution >= 4 is 15.9 Å². The van der Waals surface area contributed by atoms with Gasteiger partial charge in [-0.15, -0.1) is 0 Å². The Kier molecular flexibility index (Phi) is 3.15. The molecule has 0 unspecified atom stereocenters. The van der Waals surface area contributed by atoms with Crippen LogP contribution in [0.1, 0.15) is 0 Å². The molecular formula is C11H4BrF4N. The Labute approximate surface area is 102 Å². The zero-order chi connectivity index (χ0) is 12.6. The number of pyridine rings is 1. The van der Waals surface area contributed by atoms with E-state index in [1.54, 1.807) is 0 Å². The van der Waals surface area contributed by atoms with Gasteiger partial charge in [-0.2, -0.15) is 4.39 Å². The number of halogens is 5. The summed E-state index contributed by atoms with van der Waals surface area (Å²) in [7, 11) is 0. The predicted molar refractivity (Wildman–Crippen MR) is 57.2 cm³/mol. The normalized spacial score (nSPS) is 10.6. The molecule has 1 nitrogen and oxygen atoms in total. The highest BCUT2D eigenvalue weighted by Crippen LogP contribution is 2.27. The largest absolute Gasteiger partial charge is 0.227 e. The van der Waals surface area contributed by atoms with E-state index in [1.807, 2.05) is 0 Å². The molecule has 1 aromatic carbocycles. The van der Waals surface area contributed by atoms with Crippen LogP contribution in [0.25, 0.3) is 11.3 Å². The van der Waals surface area contributed by atoms with Crippen molar-refractivity contribution in [2.45, 2.75) is 0 Å². The number of nitrogens with zero attached hydrogens (tertiary/aromatic N) is 1. The average molecular weight is 306 g/mol. The molecule has 1 heterocycles. The molecule has 0 amide bonds. The molecule has 0 aliphatic carbocycles. The van der Waals surface area contributed by atoms with Crippen molar-refractivity contribution in [1.82, 2.24) is 4.98 Å². The van der Waals surface area contributed by atoms with Gasteiger partial charge in [0.2, 0.25) is 5.95 Å². The number of aromatic nitrogens is 1. The SMILES string of the molecule is Fc1cc(F)c(-c2ccc(Br)c(F)n2)c(F)c1. The summed E-state index contributed by atoms with van der Waals surface area (Å²) in [5.41, 5.74) is -0.793. The first-order valence-electron chi connectivity index (χ1n) is 4.46. The molecule has 2 aromatic rings. The van der Waals surface area contributed by atoms with Gasteiger partial charge < -0.3 is 0 Å². The molecule has 0 fully saturated rings. The molecule has 1 aromatic heterocycles. The lowest BCUT2D eigenvalue weighted by Crippen LogP contribution is -1.96. The van der Waals surface area contributed by atoms with Crippen LogP contribution in [-0.4, -0.2) is 4.98 Å². The second-order valence-electron chi connectivity index (χ2n) is 3.21. The second-order valence-corrected chi connectivity index (χ2v) is 4.07. The molecule has 6 heteroatoms. The Balaban J connectivity index is 2.64. The van der Waals surface area contributed by atoms with Crippen LogP contribution in [0.2, 0.25) is 0 Å². The maximum atomic E-state index is 13.4. The number of hydrogen-bond acceptors (Lipinski definition) is 1. The maximum Gasteiger partial charge on any atom is 0.227 e. The van der Waals surface area contributed by atoms with Crippen molar-refractivity contribution in [2.75, 3.05) is 0 Å². The maximum absolute atomic E-state index is 13.4. The Hall–Kier alpha value is -1.43. The zero-order valence-electron chi connectivity index (χ0n) is 8.15. The summed E-state index contributed by atoms with van der Waals surface area (Å²) in [6.07, 6.45) is 0. The van der Waals surface area contributed by atoms with Gasteiger partial charge in [0.15, 0.2) is 0 Å². The third-order valence-corrected chi connectivity index (χ3v) is 2.66. The van der Waals surface area contributed by atoms with Crippen molar-refractivity contribution in [1.29, 1.82) is 0 Å². The lowest BCUT2D eigenvalue weighted by atomic mass is 10.1. The smallest absolute Gasteiger partial charge is 0.218 e. The fourth-order valence-corrected chi connectivity index (χ4v) is 1.56. The van der Waals surface area contributed by atoms with Gasteiger partial charge in [-0.1, -0.05) is 0 Å². The molecule has 17 heavy (non-hydrogen) atoms. The Morgan fingerprint density at radius 3 is 2.06 bits per heavy atom. The molecule has 0 aliphatic rings. The van der Waals surface area contributed by atoms with Crippen LogP contribution >= 0.6 is 15.9 Å². The van der Waals surface area contributed by atoms with Crippen LogP contribution < -0.4 is 0 Å². The van der Waals surface area contributed by atoms with Gasteiger partial charge in [0.25, 0.3) is 0 Å². The van der Waals surface area contributed by atoms with E-state index < -0.39 is 29.0 Å². The first-order valence-corrected chi connectivity index (χ1v) is 5.25. The van der Waals surface area contributed by atoms with Crippen molar-refractivity contribution in [2.24, 2.45) is 0 Å². The Morgan fingerprint density at radius 1 is 0.941 bits per heavy atom. The average Bonchev–Trinajstić information content (AvgIpc) is 2.21. The first kappa shape index (κ1) is 12.0. The third-order valence-electron chi connectivity index (χ3n) is 2.07. The molecule has 0 spiro atoms. The van der Waals surface area contributed by atoms with Gasteiger partial charge in [0, 0.05) is 12.1 Å². The van der Waals surface area contributed by atoms with Crippen LogP contribution in [0.3, 0.4) is 0 Å². The minimum absolute atomic E-state index is 0.0733. The van der Waals surface area contributed by atoms with Crippen molar-refractivity contribution in [3.63, 3.8) is 0 Å². The van der Waals surface area contributed by atoms with Crippen LogP contribution in [-0.2, 0) is 0 Å². The van der Waals surface area contributed by atoms with Gasteiger partial charge in [0.05, 0.1) is 15.7 Å². The highest BCUT2D eigenvalue weighted by atomic mass is 79.9. The molecular weight excluding hydrogens is 302 g/mol. The van der Waals surface area contributed by atoms with E-state index in [2.05, 4.69) is 20.9 Å². The molecule has 2 rings (SSSR count). The molecule has 0 bridgehead atoms. The van der Waals surface area contributed by atoms with Crippen molar-refractivity contribution in [3.05, 3.63) is 52.1 Å². The molecule has 0 aliphatic heterocycles. The molecule has 0 N–H and O–H groups in total. The topological polar surface area (TPSA) is 12.9 Å². The Morgan fingerprint density at radius 2 is 1.53 bits per heavy atom. The van der Waals surface area contributed by atoms with Gasteiger partial charge in [0.1, 0.15) is 17.5 Å². The van der Waals surface area contributed by atoms with E-state index >= 15 is 0 Å². The fourth-order valence-electron chi connectivity index (χ4n) is 1.34. The lowest BCUT2D eigenvalue weighted by Gasteiger charge is -2.05. The number of rotatable bonds is 1. The van der Waals surface area contributed by atoms with E-state index in [-0.39, 0.29) is 10.2 Å². The fraction of sp³-hybridized carbons (Fsp3) is 0. The molecule has 0 saturated heterocycles. The summed E-state index contributed by atoms with van der Waals surface area (Å²) in [5, 5.41) is 0. The number of benzene rings is 1. The summed E-state index contributed by atoms with van der Waals surface area (Å²) in [4.78, 5) is 3.38. The highest BCUT2D eigenvalue weighted by Gasteiger charge is 2.16. The highest BCUT2D eigenvalue weighted by molar-refractivity contribution is 9.10. The third kappa shape index (κ3) is 2.31. The molecule has 0 radical (unpaired) electrons. The quantitative estimate of drug-likeness (QED) is 0.572. The van der Waals surface area contributed by atoms with Crippen molar-refractivity contribution < 1.29 is 17.6 Å². The van der Waals surface area contributed by atoms with E-state index in [1.165, 1.54) is 12.1 Å². The minimum atomic E-state index is -1.13. The summed E-state index contributed by atoms with van der Waals surface area (Å²) in [6.45, 7) is 0. The summed E-state index contributed by atoms with van der Waals surface area (Å²) in [5.74, 6) is -4.19. The summed E-state index contributed by atoms with van der Waals surface area (Å²) in [6, 6.07) is 3.52. The predicted octanol–water partition coefficient (Wildman–Crippen LogP) is 4.07. The molecule has 0 saturated carbocycles. The number of hydrogen-bond donors (Lipinski definition) is 0. The van der Waals surface area contributed by atoms with Crippen LogP contribution in [0.15, 0.2) is 28.7 Å². The standard InChI is InChI=1S/C11H4BrF4N/c12-6-1-2-9(17-11(6)16)10-7(14)3-5(13)4-8(10)15/h1-4H. The second kappa shape index (κ2) is 4.44. The molecule has 88 valence electrons. The van der Waals surface area contributed by atoms with Gasteiger partial charge >= 0.3 is 0 Å². The van der Waals surface area contributed by atoms with Gasteiger partial charge in [-0.05, 0) is 28.1 Å². The zero-order valence-corrected chi connectivity index (χ0v) is 9.73. The van der Waals surface area contributed by atoms with Gasteiger partial charge in [-0.25, -0.2) is 18.2 Å². The minimum Gasteiger partial charge on any atom is -0.218 e. The van der Waals surface area contributed by atoms with Crippen molar-refractivity contribution in [3.8, 4) is 11.3 Å². The summed E-state index contributed by atoms with van der Waals surface area (Å²) >= 11 is 2.87. The van der Waals surface area contributed by atoms with Crippen LogP contribution in [0, 0.1) is 23.4 Å². The lowest BCUT2D eigenvalue weighted by molar-refractivity contribution is 0.545. The van der Waals surface area contributed by atoms with Crippen LogP contribution in [0.4, 0.5) is 17.6 Å². The van der Waals surface area contributed by atoms with E-state index in [0.29, 0.717) is 12.1 Å². The van der Waals surface area contributed by atoms with Gasteiger partial charge in [-0.3, -0.25) is 0 Å². The monoisotopic (exact) mass is 305 g/mol. The van der Waals surface area contributed by atoms with Crippen LogP contribution in [0.5, 0.6) is 0 Å². The van der Waals surface area contributed by atoms with E-state index in [9.17, 15) is 17.6 Å². The first-order chi connectivity index (χ1) is 7.99. The van der Waals surface area contributed by atoms with E-state index in [4.69, 9.17) is 0 Å². The molecule has 0 atom stereocenters. The Bertz CT molecular complexity index is 563. The van der Waals surface area contributed by atoms with E-state index in [0.717, 1.165) is 0 Å².